The Kier molecular flexibility index (Phi) is 7.24. The summed E-state index contributed by atoms with van der Waals surface area (Å²) in [5.74, 6) is -0.0263. The van der Waals surface area contributed by atoms with Crippen LogP contribution in [0.15, 0.2) is 67.6 Å². The number of nitrogens with one attached hydrogen (secondary N) is 1. The van der Waals surface area contributed by atoms with Gasteiger partial charge in [-0.1, -0.05) is 25.6 Å². The minimum absolute atomic E-state index is 0.0132. The van der Waals surface area contributed by atoms with Crippen LogP contribution < -0.4 is 11.1 Å². The molecule has 9 nitrogen and oxygen atoms in total. The van der Waals surface area contributed by atoms with Crippen LogP contribution in [0.2, 0.25) is 0 Å². The van der Waals surface area contributed by atoms with Crippen molar-refractivity contribution < 1.29 is 22.8 Å². The van der Waals surface area contributed by atoms with E-state index in [1.165, 1.54) is 18.2 Å². The lowest BCUT2D eigenvalue weighted by Crippen LogP contribution is -2.47. The van der Waals surface area contributed by atoms with Gasteiger partial charge in [-0.05, 0) is 56.0 Å². The molecule has 12 heteroatoms. The topological polar surface area (TPSA) is 119 Å². The van der Waals surface area contributed by atoms with Crippen LogP contribution in [0, 0.1) is 5.92 Å². The first kappa shape index (κ1) is 27.8. The molecule has 0 saturated carbocycles. The number of benzene rings is 1. The number of anilines is 2. The van der Waals surface area contributed by atoms with Crippen LogP contribution >= 0.6 is 0 Å². The molecule has 1 aliphatic rings. The average molecular weight is 564 g/mol. The van der Waals surface area contributed by atoms with Gasteiger partial charge in [-0.25, -0.2) is 15.0 Å². The van der Waals surface area contributed by atoms with Gasteiger partial charge in [-0.3, -0.25) is 14.0 Å². The SMILES string of the molecule is C=CC(=O)N1[C@H](c2nc(-c3ccc(C(=O)Nc4cc(C(F)(F)F)ccn4)cc3)c3c(N)nccn23)[C@H](C)CC[C@@H]1C. The van der Waals surface area contributed by atoms with Crippen molar-refractivity contribution >= 4 is 29.0 Å². The zero-order chi connectivity index (χ0) is 29.5. The highest BCUT2D eigenvalue weighted by Gasteiger charge is 2.39. The second-order valence-corrected chi connectivity index (χ2v) is 10.1. The first-order valence-electron chi connectivity index (χ1n) is 13.0. The number of aromatic nitrogens is 4. The number of carbonyl (C=O) groups is 2. The maximum atomic E-state index is 13.0. The van der Waals surface area contributed by atoms with Crippen molar-refractivity contribution in [1.82, 2.24) is 24.3 Å². The Hall–Kier alpha value is -4.74. The standard InChI is InChI=1S/C29H28F3N7O2/c1-4-22(40)39-17(3)6-5-16(2)24(39)27-37-23(25-26(33)35-13-14-38(25)27)18-7-9-19(10-8-18)28(41)36-21-15-20(11-12-34-21)29(30,31)32/h4,7-17,24H,1,5-6H2,2-3H3,(H2,33,35)(H,34,36,41)/t16-,17+,24+/m1/s1. The lowest BCUT2D eigenvalue weighted by molar-refractivity contribution is -0.137. The zero-order valence-electron chi connectivity index (χ0n) is 22.4. The Morgan fingerprint density at radius 3 is 2.51 bits per heavy atom. The van der Waals surface area contributed by atoms with Crippen LogP contribution in [-0.4, -0.2) is 42.1 Å². The van der Waals surface area contributed by atoms with Gasteiger partial charge in [0.2, 0.25) is 5.91 Å². The molecule has 0 radical (unpaired) electrons. The van der Waals surface area contributed by atoms with Gasteiger partial charge in [0.1, 0.15) is 28.7 Å². The van der Waals surface area contributed by atoms with Gasteiger partial charge in [0.05, 0.1) is 11.6 Å². The second kappa shape index (κ2) is 10.7. The van der Waals surface area contributed by atoms with E-state index in [2.05, 4.69) is 28.8 Å². The number of rotatable bonds is 5. The van der Waals surface area contributed by atoms with Crippen LogP contribution in [0.3, 0.4) is 0 Å². The van der Waals surface area contributed by atoms with E-state index in [1.54, 1.807) is 24.5 Å². The van der Waals surface area contributed by atoms with Crippen molar-refractivity contribution in [2.75, 3.05) is 11.1 Å². The summed E-state index contributed by atoms with van der Waals surface area (Å²) in [6.07, 6.45) is 2.83. The monoisotopic (exact) mass is 563 g/mol. The Balaban J connectivity index is 1.50. The minimum atomic E-state index is -4.56. The molecule has 0 spiro atoms. The van der Waals surface area contributed by atoms with Gasteiger partial charge < -0.3 is 16.0 Å². The molecule has 3 atom stereocenters. The van der Waals surface area contributed by atoms with Crippen LogP contribution in [0.1, 0.15) is 54.5 Å². The number of likely N-dealkylation sites (tertiary alicyclic amines) is 1. The molecule has 4 heterocycles. The van der Waals surface area contributed by atoms with E-state index in [4.69, 9.17) is 10.7 Å². The Bertz CT molecular complexity index is 1630. The highest BCUT2D eigenvalue weighted by atomic mass is 19.4. The lowest BCUT2D eigenvalue weighted by Gasteiger charge is -2.43. The van der Waals surface area contributed by atoms with Gasteiger partial charge in [0, 0.05) is 35.8 Å². The fourth-order valence-electron chi connectivity index (χ4n) is 5.33. The number of halogens is 3. The van der Waals surface area contributed by atoms with E-state index in [9.17, 15) is 22.8 Å². The van der Waals surface area contributed by atoms with Gasteiger partial charge in [0.15, 0.2) is 0 Å². The fourth-order valence-corrected chi connectivity index (χ4v) is 5.33. The number of fused-ring (bicyclic) bond motifs is 1. The van der Waals surface area contributed by atoms with E-state index in [0.717, 1.165) is 31.2 Å². The van der Waals surface area contributed by atoms with Crippen LogP contribution in [0.4, 0.5) is 24.8 Å². The van der Waals surface area contributed by atoms with E-state index < -0.39 is 17.6 Å². The highest BCUT2D eigenvalue weighted by Crippen LogP contribution is 2.41. The van der Waals surface area contributed by atoms with Crippen molar-refractivity contribution in [3.05, 3.63) is 84.6 Å². The minimum Gasteiger partial charge on any atom is -0.382 e. The number of nitrogens with two attached hydrogens (primary N) is 1. The predicted molar refractivity (Wildman–Crippen MR) is 148 cm³/mol. The summed E-state index contributed by atoms with van der Waals surface area (Å²) in [6, 6.07) is 7.67. The van der Waals surface area contributed by atoms with Crippen LogP contribution in [0.5, 0.6) is 0 Å². The number of nitrogen functional groups attached to an aromatic ring is 1. The molecule has 1 aromatic carbocycles. The van der Waals surface area contributed by atoms with Gasteiger partial charge in [-0.15, -0.1) is 0 Å². The molecule has 41 heavy (non-hydrogen) atoms. The number of nitrogens with zero attached hydrogens (tertiary/aromatic N) is 5. The summed E-state index contributed by atoms with van der Waals surface area (Å²) < 4.78 is 40.9. The maximum Gasteiger partial charge on any atom is 0.416 e. The summed E-state index contributed by atoms with van der Waals surface area (Å²) in [7, 11) is 0. The number of carbonyl (C=O) groups excluding carboxylic acids is 2. The van der Waals surface area contributed by atoms with Crippen molar-refractivity contribution in [3.63, 3.8) is 0 Å². The summed E-state index contributed by atoms with van der Waals surface area (Å²) in [5.41, 5.74) is 7.32. The first-order chi connectivity index (χ1) is 19.5. The average Bonchev–Trinajstić information content (AvgIpc) is 3.34. The third-order valence-corrected chi connectivity index (χ3v) is 7.41. The lowest BCUT2D eigenvalue weighted by atomic mass is 9.86. The molecule has 3 aromatic heterocycles. The molecule has 212 valence electrons. The maximum absolute atomic E-state index is 13.0. The number of pyridine rings is 1. The molecule has 0 bridgehead atoms. The number of alkyl halides is 3. The third-order valence-electron chi connectivity index (χ3n) is 7.41. The van der Waals surface area contributed by atoms with Gasteiger partial charge in [-0.2, -0.15) is 13.2 Å². The molecule has 1 aliphatic heterocycles. The second-order valence-electron chi connectivity index (χ2n) is 10.1. The van der Waals surface area contributed by atoms with Crippen LogP contribution in [-0.2, 0) is 11.0 Å². The molecule has 4 aromatic rings. The summed E-state index contributed by atoms with van der Waals surface area (Å²) >= 11 is 0. The van der Waals surface area contributed by atoms with Crippen molar-refractivity contribution in [3.8, 4) is 11.3 Å². The van der Waals surface area contributed by atoms with Gasteiger partial charge in [0.25, 0.3) is 5.91 Å². The largest absolute Gasteiger partial charge is 0.416 e. The number of hydrogen-bond donors (Lipinski definition) is 2. The molecular weight excluding hydrogens is 535 g/mol. The van der Waals surface area contributed by atoms with E-state index >= 15 is 0 Å². The smallest absolute Gasteiger partial charge is 0.382 e. The third kappa shape index (κ3) is 5.24. The van der Waals surface area contributed by atoms with E-state index in [1.807, 2.05) is 16.2 Å². The van der Waals surface area contributed by atoms with E-state index in [-0.39, 0.29) is 41.1 Å². The summed E-state index contributed by atoms with van der Waals surface area (Å²) in [6.45, 7) is 7.77. The molecule has 1 fully saturated rings. The molecule has 0 aliphatic carbocycles. The number of hydrogen-bond acceptors (Lipinski definition) is 6. The molecule has 5 rings (SSSR count). The normalized spacial score (nSPS) is 19.2. The van der Waals surface area contributed by atoms with E-state index in [0.29, 0.717) is 22.6 Å². The first-order valence-corrected chi connectivity index (χ1v) is 13.0. The molecule has 1 saturated heterocycles. The number of piperidine rings is 1. The quantitative estimate of drug-likeness (QED) is 0.309. The Morgan fingerprint density at radius 1 is 1.10 bits per heavy atom. The number of amides is 2. The van der Waals surface area contributed by atoms with Crippen molar-refractivity contribution in [1.29, 1.82) is 0 Å². The molecule has 2 amide bonds. The molecule has 3 N–H and O–H groups in total. The number of imidazole rings is 1. The van der Waals surface area contributed by atoms with Crippen LogP contribution in [0.25, 0.3) is 16.8 Å². The highest BCUT2D eigenvalue weighted by molar-refractivity contribution is 6.04. The van der Waals surface area contributed by atoms with Gasteiger partial charge >= 0.3 is 6.18 Å². The molecule has 0 unspecified atom stereocenters. The van der Waals surface area contributed by atoms with Crippen molar-refractivity contribution in [2.45, 2.75) is 44.9 Å². The predicted octanol–water partition coefficient (Wildman–Crippen LogP) is 5.52. The van der Waals surface area contributed by atoms with Crippen molar-refractivity contribution in [2.24, 2.45) is 5.92 Å². The molecular formula is C29H28F3N7O2. The fraction of sp³-hybridized carbons (Fsp3) is 0.276. The summed E-state index contributed by atoms with van der Waals surface area (Å²) in [4.78, 5) is 40.5. The summed E-state index contributed by atoms with van der Waals surface area (Å²) in [5, 5.41) is 2.40. The Morgan fingerprint density at radius 2 is 1.83 bits per heavy atom. The zero-order valence-corrected chi connectivity index (χ0v) is 22.4. The Labute approximate surface area is 233 Å².